The van der Waals surface area contributed by atoms with Crippen LogP contribution in [0, 0.1) is 31.0 Å². The van der Waals surface area contributed by atoms with Crippen molar-refractivity contribution in [2.24, 2.45) is 0 Å². The van der Waals surface area contributed by atoms with Gasteiger partial charge in [0.05, 0.1) is 12.3 Å². The summed E-state index contributed by atoms with van der Waals surface area (Å²) in [5, 5.41) is 12.3. The Hall–Kier alpha value is -3.37. The molecule has 1 N–H and O–H groups in total. The number of hydrogen-bond donors (Lipinski definition) is 1. The number of amides is 1. The van der Waals surface area contributed by atoms with E-state index in [1.165, 1.54) is 12.1 Å². The van der Waals surface area contributed by atoms with Crippen LogP contribution in [0.2, 0.25) is 0 Å². The number of nitriles is 1. The topological polar surface area (TPSA) is 67.0 Å². The molecule has 0 bridgehead atoms. The van der Waals surface area contributed by atoms with E-state index in [-0.39, 0.29) is 11.4 Å². The van der Waals surface area contributed by atoms with Crippen molar-refractivity contribution in [1.82, 2.24) is 4.57 Å². The molecule has 158 valence electrons. The summed E-state index contributed by atoms with van der Waals surface area (Å²) in [6.45, 7) is 6.05. The van der Waals surface area contributed by atoms with Crippen LogP contribution < -0.4 is 10.1 Å². The fraction of sp³-hybridized carbons (Fsp3) is 0.167. The predicted octanol–water partition coefficient (Wildman–Crippen LogP) is 5.94. The van der Waals surface area contributed by atoms with Crippen LogP contribution in [0.25, 0.3) is 11.8 Å². The second-order valence-electron chi connectivity index (χ2n) is 6.84. The molecule has 7 heteroatoms. The molecule has 1 amide bonds. The molecule has 0 spiro atoms. The molecule has 5 nitrogen and oxygen atoms in total. The van der Waals surface area contributed by atoms with Crippen molar-refractivity contribution in [2.45, 2.75) is 20.8 Å². The Morgan fingerprint density at radius 1 is 1.26 bits per heavy atom. The Balaban J connectivity index is 1.92. The molecule has 1 aromatic heterocycles. The van der Waals surface area contributed by atoms with Gasteiger partial charge in [-0.2, -0.15) is 5.26 Å². The van der Waals surface area contributed by atoms with Crippen LogP contribution in [0.1, 0.15) is 23.9 Å². The summed E-state index contributed by atoms with van der Waals surface area (Å²) in [7, 11) is 0. The summed E-state index contributed by atoms with van der Waals surface area (Å²) in [4.78, 5) is 12.7. The third kappa shape index (κ3) is 5.04. The molecule has 0 aliphatic heterocycles. The lowest BCUT2D eigenvalue weighted by atomic mass is 10.1. The Bertz CT molecular complexity index is 1210. The highest BCUT2D eigenvalue weighted by Gasteiger charge is 2.16. The SMILES string of the molecule is CCOc1cccc(NC(=O)/C(C#N)=C\c2cc(C)n(-c3ccc(Br)cc3F)c2C)c1. The third-order valence-electron chi connectivity index (χ3n) is 4.69. The molecular formula is C24H21BrFN3O2. The number of aromatic nitrogens is 1. The maximum Gasteiger partial charge on any atom is 0.266 e. The number of carbonyl (C=O) groups is 1. The van der Waals surface area contributed by atoms with E-state index in [1.54, 1.807) is 41.0 Å². The fourth-order valence-electron chi connectivity index (χ4n) is 3.30. The smallest absolute Gasteiger partial charge is 0.266 e. The normalized spacial score (nSPS) is 11.2. The quantitative estimate of drug-likeness (QED) is 0.349. The second-order valence-corrected chi connectivity index (χ2v) is 7.76. The van der Waals surface area contributed by atoms with Gasteiger partial charge in [0.2, 0.25) is 0 Å². The molecule has 0 atom stereocenters. The number of hydrogen-bond acceptors (Lipinski definition) is 3. The minimum absolute atomic E-state index is 0.0571. The van der Waals surface area contributed by atoms with E-state index in [9.17, 15) is 14.4 Å². The van der Waals surface area contributed by atoms with Gasteiger partial charge in [0.15, 0.2) is 0 Å². The van der Waals surface area contributed by atoms with Crippen molar-refractivity contribution in [3.8, 4) is 17.5 Å². The van der Waals surface area contributed by atoms with Crippen molar-refractivity contribution in [1.29, 1.82) is 5.26 Å². The average molecular weight is 482 g/mol. The van der Waals surface area contributed by atoms with Gasteiger partial charge in [0, 0.05) is 27.6 Å². The maximum absolute atomic E-state index is 14.5. The number of ether oxygens (including phenoxy) is 1. The van der Waals surface area contributed by atoms with Gasteiger partial charge in [-0.15, -0.1) is 0 Å². The molecule has 0 saturated heterocycles. The number of anilines is 1. The standard InChI is InChI=1S/C24H21BrFN3O2/c1-4-31-21-7-5-6-20(13-21)28-24(30)18(14-27)11-17-10-15(2)29(16(17)3)23-9-8-19(25)12-22(23)26/h5-13H,4H2,1-3H3,(H,28,30)/b18-11-. The first kappa shape index (κ1) is 22.3. The lowest BCUT2D eigenvalue weighted by Crippen LogP contribution is -2.13. The molecule has 0 aliphatic rings. The highest BCUT2D eigenvalue weighted by Crippen LogP contribution is 2.26. The zero-order valence-electron chi connectivity index (χ0n) is 17.4. The van der Waals surface area contributed by atoms with Crippen LogP contribution in [0.3, 0.4) is 0 Å². The highest BCUT2D eigenvalue weighted by atomic mass is 79.9. The van der Waals surface area contributed by atoms with E-state index in [2.05, 4.69) is 21.2 Å². The van der Waals surface area contributed by atoms with Gasteiger partial charge in [-0.25, -0.2) is 4.39 Å². The minimum Gasteiger partial charge on any atom is -0.494 e. The fourth-order valence-corrected chi connectivity index (χ4v) is 3.63. The lowest BCUT2D eigenvalue weighted by Gasteiger charge is -2.11. The van der Waals surface area contributed by atoms with Crippen LogP contribution in [0.15, 0.2) is 58.6 Å². The van der Waals surface area contributed by atoms with Crippen molar-refractivity contribution >= 4 is 33.6 Å². The molecule has 31 heavy (non-hydrogen) atoms. The molecule has 3 rings (SSSR count). The van der Waals surface area contributed by atoms with Gasteiger partial charge in [0.25, 0.3) is 5.91 Å². The molecule has 0 fully saturated rings. The zero-order chi connectivity index (χ0) is 22.5. The summed E-state index contributed by atoms with van der Waals surface area (Å²) >= 11 is 3.26. The summed E-state index contributed by atoms with van der Waals surface area (Å²) in [6.07, 6.45) is 1.51. The number of aryl methyl sites for hydroxylation is 1. The average Bonchev–Trinajstić information content (AvgIpc) is 3.00. The molecule has 3 aromatic rings. The van der Waals surface area contributed by atoms with Crippen LogP contribution >= 0.6 is 15.9 Å². The third-order valence-corrected chi connectivity index (χ3v) is 5.18. The van der Waals surface area contributed by atoms with Gasteiger partial charge in [-0.3, -0.25) is 4.79 Å². The van der Waals surface area contributed by atoms with Gasteiger partial charge in [-0.1, -0.05) is 22.0 Å². The Labute approximate surface area is 188 Å². The van der Waals surface area contributed by atoms with Gasteiger partial charge < -0.3 is 14.6 Å². The molecule has 0 unspecified atom stereocenters. The summed E-state index contributed by atoms with van der Waals surface area (Å²) in [6, 6.07) is 15.6. The van der Waals surface area contributed by atoms with Crippen molar-refractivity contribution in [2.75, 3.05) is 11.9 Å². The number of nitrogens with zero attached hydrogens (tertiary/aromatic N) is 2. The first-order valence-electron chi connectivity index (χ1n) is 9.64. The number of halogens is 2. The molecule has 0 aliphatic carbocycles. The zero-order valence-corrected chi connectivity index (χ0v) is 19.0. The van der Waals surface area contributed by atoms with Crippen LogP contribution in [0.5, 0.6) is 5.75 Å². The monoisotopic (exact) mass is 481 g/mol. The van der Waals surface area contributed by atoms with Crippen molar-refractivity contribution in [3.05, 3.63) is 81.3 Å². The molecular weight excluding hydrogens is 461 g/mol. The number of rotatable bonds is 6. The van der Waals surface area contributed by atoms with Crippen LogP contribution in [-0.2, 0) is 4.79 Å². The lowest BCUT2D eigenvalue weighted by molar-refractivity contribution is -0.112. The highest BCUT2D eigenvalue weighted by molar-refractivity contribution is 9.10. The molecule has 1 heterocycles. The van der Waals surface area contributed by atoms with Gasteiger partial charge in [0.1, 0.15) is 23.2 Å². The van der Waals surface area contributed by atoms with E-state index in [1.807, 2.05) is 32.9 Å². The van der Waals surface area contributed by atoms with Gasteiger partial charge >= 0.3 is 0 Å². The summed E-state index contributed by atoms with van der Waals surface area (Å²) in [5.74, 6) is -0.280. The van der Waals surface area contributed by atoms with Gasteiger partial charge in [-0.05, 0) is 68.8 Å². The maximum atomic E-state index is 14.5. The Kier molecular flexibility index (Phi) is 6.93. The first-order chi connectivity index (χ1) is 14.8. The minimum atomic E-state index is -0.532. The predicted molar refractivity (Wildman–Crippen MR) is 123 cm³/mol. The van der Waals surface area contributed by atoms with Crippen molar-refractivity contribution in [3.63, 3.8) is 0 Å². The van der Waals surface area contributed by atoms with E-state index < -0.39 is 5.91 Å². The second kappa shape index (κ2) is 9.63. The number of carbonyl (C=O) groups excluding carboxylic acids is 1. The Morgan fingerprint density at radius 3 is 2.71 bits per heavy atom. The molecule has 0 saturated carbocycles. The number of nitrogens with one attached hydrogen (secondary N) is 1. The molecule has 2 aromatic carbocycles. The molecule has 0 radical (unpaired) electrons. The van der Waals surface area contributed by atoms with Crippen molar-refractivity contribution < 1.29 is 13.9 Å². The van der Waals surface area contributed by atoms with Crippen LogP contribution in [0.4, 0.5) is 10.1 Å². The van der Waals surface area contributed by atoms with E-state index in [0.29, 0.717) is 33.8 Å². The van der Waals surface area contributed by atoms with Crippen LogP contribution in [-0.4, -0.2) is 17.1 Å². The first-order valence-corrected chi connectivity index (χ1v) is 10.4. The van der Waals surface area contributed by atoms with E-state index in [4.69, 9.17) is 4.74 Å². The number of benzene rings is 2. The van der Waals surface area contributed by atoms with E-state index in [0.717, 1.165) is 11.4 Å². The van der Waals surface area contributed by atoms with E-state index >= 15 is 0 Å². The largest absolute Gasteiger partial charge is 0.494 e. The summed E-state index contributed by atoms with van der Waals surface area (Å²) in [5.41, 5.74) is 3.03. The summed E-state index contributed by atoms with van der Waals surface area (Å²) < 4.78 is 22.3. The Morgan fingerprint density at radius 2 is 2.03 bits per heavy atom.